The fourth-order valence-electron chi connectivity index (χ4n) is 1.97. The molecule has 1 aromatic rings. The van der Waals surface area contributed by atoms with Gasteiger partial charge < -0.3 is 14.9 Å². The van der Waals surface area contributed by atoms with Crippen molar-refractivity contribution in [1.82, 2.24) is 4.31 Å². The van der Waals surface area contributed by atoms with E-state index in [-0.39, 0.29) is 17.5 Å². The largest absolute Gasteiger partial charge is 0.464 e. The smallest absolute Gasteiger partial charge is 0.246 e. The van der Waals surface area contributed by atoms with Gasteiger partial charge >= 0.3 is 0 Å². The van der Waals surface area contributed by atoms with Crippen LogP contribution in [0.3, 0.4) is 0 Å². The van der Waals surface area contributed by atoms with Crippen molar-refractivity contribution in [2.24, 2.45) is 5.73 Å². The van der Waals surface area contributed by atoms with Gasteiger partial charge in [0.2, 0.25) is 10.0 Å². The number of rotatable bonds is 8. The lowest BCUT2D eigenvalue weighted by atomic mass is 10.3. The van der Waals surface area contributed by atoms with E-state index in [4.69, 9.17) is 14.9 Å². The highest BCUT2D eigenvalue weighted by molar-refractivity contribution is 7.89. The molecule has 7 heteroatoms. The Hall–Kier alpha value is -0.890. The molecule has 1 rings (SSSR count). The average Bonchev–Trinajstić information content (AvgIpc) is 2.80. The molecule has 1 aromatic heterocycles. The van der Waals surface area contributed by atoms with Crippen LogP contribution in [0, 0.1) is 6.92 Å². The molecule has 20 heavy (non-hydrogen) atoms. The highest BCUT2D eigenvalue weighted by Crippen LogP contribution is 2.25. The minimum absolute atomic E-state index is 0.106. The summed E-state index contributed by atoms with van der Waals surface area (Å²) in [6.45, 7) is 6.32. The number of aryl methyl sites for hydroxylation is 1. The van der Waals surface area contributed by atoms with E-state index in [0.717, 1.165) is 6.42 Å². The number of ether oxygens (including phenoxy) is 1. The van der Waals surface area contributed by atoms with Gasteiger partial charge in [-0.3, -0.25) is 0 Å². The number of nitrogens with zero attached hydrogens (tertiary/aromatic N) is 1. The molecular formula is C13H24N2O4S. The first kappa shape index (κ1) is 17.2. The van der Waals surface area contributed by atoms with Crippen LogP contribution in [0.1, 0.15) is 31.8 Å². The Kier molecular flexibility index (Phi) is 6.19. The van der Waals surface area contributed by atoms with Gasteiger partial charge in [0, 0.05) is 25.8 Å². The number of hydrogen-bond donors (Lipinski definition) is 1. The molecule has 6 nitrogen and oxygen atoms in total. The summed E-state index contributed by atoms with van der Waals surface area (Å²) in [4.78, 5) is 0.189. The van der Waals surface area contributed by atoms with Gasteiger partial charge in [0.25, 0.3) is 0 Å². The Labute approximate surface area is 120 Å². The van der Waals surface area contributed by atoms with Crippen molar-refractivity contribution in [3.63, 3.8) is 0 Å². The van der Waals surface area contributed by atoms with E-state index < -0.39 is 10.0 Å². The SMILES string of the molecule is CCC(C)N(CCOC)S(=O)(=O)c1cc(CN)oc1C. The van der Waals surface area contributed by atoms with Gasteiger partial charge in [0.1, 0.15) is 16.4 Å². The molecule has 0 bridgehead atoms. The standard InChI is InChI=1S/C13H24N2O4S/c1-5-10(2)15(6-7-18-4)20(16,17)13-8-12(9-14)19-11(13)3/h8,10H,5-7,9,14H2,1-4H3. The molecule has 0 fully saturated rings. The lowest BCUT2D eigenvalue weighted by molar-refractivity contribution is 0.167. The summed E-state index contributed by atoms with van der Waals surface area (Å²) in [6, 6.07) is 1.40. The van der Waals surface area contributed by atoms with Crippen LogP contribution in [-0.2, 0) is 21.3 Å². The summed E-state index contributed by atoms with van der Waals surface area (Å²) < 4.78 is 37.3. The molecule has 0 spiro atoms. The molecule has 0 aliphatic carbocycles. The summed E-state index contributed by atoms with van der Waals surface area (Å²) in [6.07, 6.45) is 0.726. The Bertz CT molecular complexity index is 524. The van der Waals surface area contributed by atoms with E-state index >= 15 is 0 Å². The van der Waals surface area contributed by atoms with Gasteiger partial charge in [0.15, 0.2) is 0 Å². The molecule has 0 aromatic carbocycles. The zero-order valence-corrected chi connectivity index (χ0v) is 13.4. The van der Waals surface area contributed by atoms with Gasteiger partial charge in [-0.05, 0) is 20.3 Å². The van der Waals surface area contributed by atoms with Crippen molar-refractivity contribution in [3.05, 3.63) is 17.6 Å². The van der Waals surface area contributed by atoms with Gasteiger partial charge in [-0.2, -0.15) is 4.31 Å². The van der Waals surface area contributed by atoms with Crippen molar-refractivity contribution < 1.29 is 17.6 Å². The third-order valence-corrected chi connectivity index (χ3v) is 5.43. The molecular weight excluding hydrogens is 280 g/mol. The van der Waals surface area contributed by atoms with Crippen LogP contribution in [0.15, 0.2) is 15.4 Å². The first-order valence-electron chi connectivity index (χ1n) is 6.68. The quantitative estimate of drug-likeness (QED) is 0.786. The zero-order valence-electron chi connectivity index (χ0n) is 12.5. The third-order valence-electron chi connectivity index (χ3n) is 3.31. The normalized spacial score (nSPS) is 13.9. The fraction of sp³-hybridized carbons (Fsp3) is 0.692. The van der Waals surface area contributed by atoms with Crippen molar-refractivity contribution in [2.75, 3.05) is 20.3 Å². The first-order chi connectivity index (χ1) is 9.38. The lowest BCUT2D eigenvalue weighted by Gasteiger charge is -2.27. The second-order valence-corrected chi connectivity index (χ2v) is 6.56. The molecule has 2 N–H and O–H groups in total. The molecule has 0 saturated heterocycles. The summed E-state index contributed by atoms with van der Waals surface area (Å²) in [7, 11) is -2.05. The molecule has 116 valence electrons. The minimum Gasteiger partial charge on any atom is -0.464 e. The molecule has 0 amide bonds. The van der Waals surface area contributed by atoms with Gasteiger partial charge in [0.05, 0.1) is 13.2 Å². The molecule has 0 saturated carbocycles. The highest BCUT2D eigenvalue weighted by Gasteiger charge is 2.31. The van der Waals surface area contributed by atoms with Crippen LogP contribution in [0.25, 0.3) is 0 Å². The van der Waals surface area contributed by atoms with Crippen LogP contribution < -0.4 is 5.73 Å². The van der Waals surface area contributed by atoms with E-state index in [0.29, 0.717) is 24.7 Å². The number of nitrogens with two attached hydrogens (primary N) is 1. The van der Waals surface area contributed by atoms with E-state index in [1.807, 2.05) is 13.8 Å². The summed E-state index contributed by atoms with van der Waals surface area (Å²) in [5, 5.41) is 0. The maximum Gasteiger partial charge on any atom is 0.246 e. The number of methoxy groups -OCH3 is 1. The number of furan rings is 1. The highest BCUT2D eigenvalue weighted by atomic mass is 32.2. The van der Waals surface area contributed by atoms with Crippen LogP contribution in [-0.4, -0.2) is 39.0 Å². The molecule has 0 aliphatic rings. The molecule has 1 unspecified atom stereocenters. The van der Waals surface area contributed by atoms with E-state index in [1.54, 1.807) is 14.0 Å². The maximum atomic E-state index is 12.8. The first-order valence-corrected chi connectivity index (χ1v) is 8.12. The maximum absolute atomic E-state index is 12.8. The summed E-state index contributed by atoms with van der Waals surface area (Å²) in [5.74, 6) is 0.841. The van der Waals surface area contributed by atoms with Crippen LogP contribution in [0.4, 0.5) is 0 Å². The molecule has 1 heterocycles. The van der Waals surface area contributed by atoms with Crippen molar-refractivity contribution in [1.29, 1.82) is 0 Å². The second kappa shape index (κ2) is 7.21. The summed E-state index contributed by atoms with van der Waals surface area (Å²) in [5.41, 5.74) is 5.50. The zero-order chi connectivity index (χ0) is 15.3. The Morgan fingerprint density at radius 1 is 1.50 bits per heavy atom. The predicted molar refractivity (Wildman–Crippen MR) is 76.9 cm³/mol. The number of sulfonamides is 1. The molecule has 1 atom stereocenters. The molecule has 0 aliphatic heterocycles. The van der Waals surface area contributed by atoms with Gasteiger partial charge in [-0.25, -0.2) is 8.42 Å². The van der Waals surface area contributed by atoms with Crippen LogP contribution in [0.5, 0.6) is 0 Å². The van der Waals surface area contributed by atoms with Crippen LogP contribution in [0.2, 0.25) is 0 Å². The van der Waals surface area contributed by atoms with E-state index in [9.17, 15) is 8.42 Å². The van der Waals surface area contributed by atoms with Crippen LogP contribution >= 0.6 is 0 Å². The molecule has 0 radical (unpaired) electrons. The lowest BCUT2D eigenvalue weighted by Crippen LogP contribution is -2.40. The average molecular weight is 304 g/mol. The van der Waals surface area contributed by atoms with E-state index in [2.05, 4.69) is 0 Å². The number of hydrogen-bond acceptors (Lipinski definition) is 5. The predicted octanol–water partition coefficient (Wildman–Crippen LogP) is 1.48. The fourth-order valence-corrected chi connectivity index (χ4v) is 3.85. The summed E-state index contributed by atoms with van der Waals surface area (Å²) >= 11 is 0. The van der Waals surface area contributed by atoms with Crippen molar-refractivity contribution >= 4 is 10.0 Å². The third kappa shape index (κ3) is 3.60. The van der Waals surface area contributed by atoms with Crippen molar-refractivity contribution in [3.8, 4) is 0 Å². The Morgan fingerprint density at radius 2 is 2.15 bits per heavy atom. The monoisotopic (exact) mass is 304 g/mol. The Balaban J connectivity index is 3.17. The van der Waals surface area contributed by atoms with E-state index in [1.165, 1.54) is 10.4 Å². The van der Waals surface area contributed by atoms with Gasteiger partial charge in [-0.1, -0.05) is 6.92 Å². The minimum atomic E-state index is -3.60. The second-order valence-electron chi connectivity index (χ2n) is 4.70. The van der Waals surface area contributed by atoms with Gasteiger partial charge in [-0.15, -0.1) is 0 Å². The Morgan fingerprint density at radius 3 is 2.60 bits per heavy atom. The van der Waals surface area contributed by atoms with Crippen molar-refractivity contribution in [2.45, 2.75) is 44.7 Å². The topological polar surface area (TPSA) is 85.8 Å².